The molecule has 1 N–H and O–H groups in total. The van der Waals surface area contributed by atoms with Gasteiger partial charge < -0.3 is 5.32 Å². The smallest absolute Gasteiger partial charge is 0.242 e. The molecule has 2 rings (SSSR count). The Balaban J connectivity index is 1.81. The average molecular weight is 360 g/mol. The van der Waals surface area contributed by atoms with Crippen LogP contribution in [0.1, 0.15) is 31.4 Å². The number of carbonyl (C=O) groups excluding carboxylic acids is 1. The van der Waals surface area contributed by atoms with Gasteiger partial charge >= 0.3 is 0 Å². The summed E-state index contributed by atoms with van der Waals surface area (Å²) in [5.41, 5.74) is 1.04. The molecule has 0 aliphatic heterocycles. The Morgan fingerprint density at radius 1 is 1.04 bits per heavy atom. The predicted molar refractivity (Wildman–Crippen MR) is 98.5 cm³/mol. The molecule has 5 nitrogen and oxygen atoms in total. The van der Waals surface area contributed by atoms with Gasteiger partial charge in [0, 0.05) is 20.0 Å². The Labute approximate surface area is 149 Å². The van der Waals surface area contributed by atoms with E-state index in [0.717, 1.165) is 5.56 Å². The highest BCUT2D eigenvalue weighted by Crippen LogP contribution is 2.14. The Kier molecular flexibility index (Phi) is 6.73. The standard InChI is InChI=1S/C19H24N2O3S/c1-16(17-10-5-3-6-11-17)20-19(22)14-9-15-21(2)25(23,24)18-12-7-4-8-13-18/h3-8,10-13,16H,9,14-15H2,1-2H3,(H,20,22)/t16-/m1/s1. The van der Waals surface area contributed by atoms with Crippen LogP contribution in [0.5, 0.6) is 0 Å². The van der Waals surface area contributed by atoms with Crippen molar-refractivity contribution < 1.29 is 13.2 Å². The van der Waals surface area contributed by atoms with E-state index in [4.69, 9.17) is 0 Å². The van der Waals surface area contributed by atoms with Crippen LogP contribution in [0.3, 0.4) is 0 Å². The third kappa shape index (κ3) is 5.41. The predicted octanol–water partition coefficient (Wildman–Crippen LogP) is 2.96. The van der Waals surface area contributed by atoms with Gasteiger partial charge in [-0.15, -0.1) is 0 Å². The van der Waals surface area contributed by atoms with Gasteiger partial charge in [-0.05, 0) is 31.0 Å². The lowest BCUT2D eigenvalue weighted by Gasteiger charge is -2.18. The minimum atomic E-state index is -3.50. The van der Waals surface area contributed by atoms with Crippen molar-refractivity contribution in [2.24, 2.45) is 0 Å². The molecule has 1 atom stereocenters. The zero-order valence-electron chi connectivity index (χ0n) is 14.6. The molecular weight excluding hydrogens is 336 g/mol. The van der Waals surface area contributed by atoms with Crippen molar-refractivity contribution in [1.29, 1.82) is 0 Å². The zero-order chi connectivity index (χ0) is 18.3. The molecule has 0 aliphatic rings. The molecule has 25 heavy (non-hydrogen) atoms. The van der Waals surface area contributed by atoms with E-state index in [-0.39, 0.29) is 23.3 Å². The van der Waals surface area contributed by atoms with E-state index in [1.54, 1.807) is 30.3 Å². The topological polar surface area (TPSA) is 66.5 Å². The second-order valence-corrected chi connectivity index (χ2v) is 7.99. The maximum atomic E-state index is 12.4. The van der Waals surface area contributed by atoms with Crippen LogP contribution in [-0.4, -0.2) is 32.2 Å². The lowest BCUT2D eigenvalue weighted by molar-refractivity contribution is -0.121. The summed E-state index contributed by atoms with van der Waals surface area (Å²) in [7, 11) is -1.97. The van der Waals surface area contributed by atoms with Crippen LogP contribution in [0.4, 0.5) is 0 Å². The number of sulfonamides is 1. The minimum absolute atomic E-state index is 0.0699. The van der Waals surface area contributed by atoms with Gasteiger partial charge in [-0.1, -0.05) is 48.5 Å². The van der Waals surface area contributed by atoms with Crippen molar-refractivity contribution in [2.75, 3.05) is 13.6 Å². The fourth-order valence-corrected chi connectivity index (χ4v) is 3.72. The van der Waals surface area contributed by atoms with Crippen molar-refractivity contribution >= 4 is 15.9 Å². The summed E-state index contributed by atoms with van der Waals surface area (Å²) in [5, 5.41) is 2.93. The number of nitrogens with zero attached hydrogens (tertiary/aromatic N) is 1. The van der Waals surface area contributed by atoms with Crippen LogP contribution in [0.2, 0.25) is 0 Å². The number of amides is 1. The first-order chi connectivity index (χ1) is 11.9. The Morgan fingerprint density at radius 2 is 1.60 bits per heavy atom. The first-order valence-electron chi connectivity index (χ1n) is 8.27. The summed E-state index contributed by atoms with van der Waals surface area (Å²) in [4.78, 5) is 12.3. The fourth-order valence-electron chi connectivity index (χ4n) is 2.49. The highest BCUT2D eigenvalue weighted by molar-refractivity contribution is 7.89. The fraction of sp³-hybridized carbons (Fsp3) is 0.316. The number of nitrogens with one attached hydrogen (secondary N) is 1. The molecule has 2 aromatic carbocycles. The van der Waals surface area contributed by atoms with Gasteiger partial charge in [0.15, 0.2) is 0 Å². The van der Waals surface area contributed by atoms with Crippen LogP contribution in [0.25, 0.3) is 0 Å². The van der Waals surface area contributed by atoms with E-state index >= 15 is 0 Å². The van der Waals surface area contributed by atoms with Crippen molar-refractivity contribution in [3.05, 3.63) is 66.2 Å². The summed E-state index contributed by atoms with van der Waals surface area (Å²) in [6.45, 7) is 2.23. The molecule has 0 radical (unpaired) electrons. The van der Waals surface area contributed by atoms with Crippen molar-refractivity contribution in [3.63, 3.8) is 0 Å². The summed E-state index contributed by atoms with van der Waals surface area (Å²) >= 11 is 0. The molecule has 0 bridgehead atoms. The summed E-state index contributed by atoms with van der Waals surface area (Å²) in [5.74, 6) is -0.0816. The number of hydrogen-bond acceptors (Lipinski definition) is 3. The van der Waals surface area contributed by atoms with Crippen LogP contribution >= 0.6 is 0 Å². The highest BCUT2D eigenvalue weighted by Gasteiger charge is 2.20. The van der Waals surface area contributed by atoms with Crippen LogP contribution in [-0.2, 0) is 14.8 Å². The maximum Gasteiger partial charge on any atom is 0.242 e. The first kappa shape index (κ1) is 19.1. The van der Waals surface area contributed by atoms with Gasteiger partial charge in [0.05, 0.1) is 10.9 Å². The highest BCUT2D eigenvalue weighted by atomic mass is 32.2. The second-order valence-electron chi connectivity index (χ2n) is 5.94. The summed E-state index contributed by atoms with van der Waals surface area (Å²) in [6.07, 6.45) is 0.752. The third-order valence-electron chi connectivity index (χ3n) is 4.01. The molecule has 0 heterocycles. The van der Waals surface area contributed by atoms with Crippen LogP contribution < -0.4 is 5.32 Å². The van der Waals surface area contributed by atoms with E-state index in [9.17, 15) is 13.2 Å². The zero-order valence-corrected chi connectivity index (χ0v) is 15.4. The van der Waals surface area contributed by atoms with E-state index < -0.39 is 10.0 Å². The molecule has 0 saturated heterocycles. The summed E-state index contributed by atoms with van der Waals surface area (Å²) < 4.78 is 26.1. The average Bonchev–Trinajstić information content (AvgIpc) is 2.63. The van der Waals surface area contributed by atoms with Crippen molar-refractivity contribution in [2.45, 2.75) is 30.7 Å². The lowest BCUT2D eigenvalue weighted by atomic mass is 10.1. The first-order valence-corrected chi connectivity index (χ1v) is 9.71. The largest absolute Gasteiger partial charge is 0.350 e. The molecular formula is C19H24N2O3S. The molecule has 0 saturated carbocycles. The van der Waals surface area contributed by atoms with Gasteiger partial charge in [-0.3, -0.25) is 4.79 Å². The van der Waals surface area contributed by atoms with Crippen LogP contribution in [0, 0.1) is 0 Å². The molecule has 0 aliphatic carbocycles. The van der Waals surface area contributed by atoms with Gasteiger partial charge in [0.2, 0.25) is 15.9 Å². The normalized spacial score (nSPS) is 12.8. The van der Waals surface area contributed by atoms with Crippen LogP contribution in [0.15, 0.2) is 65.6 Å². The van der Waals surface area contributed by atoms with E-state index in [1.807, 2.05) is 37.3 Å². The quantitative estimate of drug-likeness (QED) is 0.787. The molecule has 6 heteroatoms. The summed E-state index contributed by atoms with van der Waals surface area (Å²) in [6, 6.07) is 18.0. The minimum Gasteiger partial charge on any atom is -0.350 e. The number of carbonyl (C=O) groups is 1. The van der Waals surface area contributed by atoms with Gasteiger partial charge in [-0.2, -0.15) is 0 Å². The Morgan fingerprint density at radius 3 is 2.20 bits per heavy atom. The monoisotopic (exact) mass is 360 g/mol. The van der Waals surface area contributed by atoms with Gasteiger partial charge in [0.25, 0.3) is 0 Å². The molecule has 2 aromatic rings. The molecule has 0 aromatic heterocycles. The Hall–Kier alpha value is -2.18. The lowest BCUT2D eigenvalue weighted by Crippen LogP contribution is -2.30. The Bertz CT molecular complexity index is 777. The van der Waals surface area contributed by atoms with E-state index in [0.29, 0.717) is 13.0 Å². The molecule has 0 fully saturated rings. The van der Waals surface area contributed by atoms with E-state index in [1.165, 1.54) is 11.4 Å². The number of hydrogen-bond donors (Lipinski definition) is 1. The molecule has 1 amide bonds. The SMILES string of the molecule is C[C@@H](NC(=O)CCCN(C)S(=O)(=O)c1ccccc1)c1ccccc1. The molecule has 0 spiro atoms. The second kappa shape index (κ2) is 8.78. The molecule has 134 valence electrons. The third-order valence-corrected chi connectivity index (χ3v) is 5.88. The van der Waals surface area contributed by atoms with E-state index in [2.05, 4.69) is 5.32 Å². The van der Waals surface area contributed by atoms with Crippen molar-refractivity contribution in [1.82, 2.24) is 9.62 Å². The number of rotatable bonds is 8. The molecule has 0 unspecified atom stereocenters. The maximum absolute atomic E-state index is 12.4. The van der Waals surface area contributed by atoms with Crippen molar-refractivity contribution in [3.8, 4) is 0 Å². The van der Waals surface area contributed by atoms with Gasteiger partial charge in [0.1, 0.15) is 0 Å². The van der Waals surface area contributed by atoms with Gasteiger partial charge in [-0.25, -0.2) is 12.7 Å². The number of benzene rings is 2.